The average molecular weight is 790 g/mol. The summed E-state index contributed by atoms with van der Waals surface area (Å²) in [6.07, 6.45) is 1.43. The van der Waals surface area contributed by atoms with Crippen LogP contribution in [0.5, 0.6) is 0 Å². The number of amides is 4. The largest absolute Gasteiger partial charge is 0.459 e. The number of hydrogen-bond acceptors (Lipinski definition) is 9. The number of pyridine rings is 2. The lowest BCUT2D eigenvalue weighted by Gasteiger charge is -2.35. The smallest absolute Gasteiger partial charge is 0.321 e. The maximum Gasteiger partial charge on any atom is 0.321 e. The minimum absolute atomic E-state index is 0.0636. The highest BCUT2D eigenvalue weighted by Gasteiger charge is 2.47. The van der Waals surface area contributed by atoms with Crippen LogP contribution < -0.4 is 10.7 Å². The Balaban J connectivity index is 1.23. The van der Waals surface area contributed by atoms with E-state index in [1.807, 2.05) is 112 Å². The van der Waals surface area contributed by atoms with E-state index in [1.165, 1.54) is 0 Å². The van der Waals surface area contributed by atoms with Crippen molar-refractivity contribution < 1.29 is 29.0 Å². The number of urea groups is 1. The molecule has 2 aromatic heterocycles. The number of esters is 1. The molecule has 2 aliphatic rings. The van der Waals surface area contributed by atoms with E-state index in [0.717, 1.165) is 33.8 Å². The van der Waals surface area contributed by atoms with Crippen LogP contribution >= 0.6 is 0 Å². The number of aliphatic hydroxyl groups excluding tert-OH is 1. The van der Waals surface area contributed by atoms with Crippen molar-refractivity contribution in [3.05, 3.63) is 120 Å². The number of hydrazine groups is 1. The number of benzene rings is 2. The van der Waals surface area contributed by atoms with Gasteiger partial charge in [0.15, 0.2) is 0 Å². The van der Waals surface area contributed by atoms with Gasteiger partial charge in [0.2, 0.25) is 11.8 Å². The minimum atomic E-state index is -1.18. The van der Waals surface area contributed by atoms with Gasteiger partial charge in [0, 0.05) is 43.6 Å². The fraction of sp³-hybridized carbons (Fsp3) is 0.422. The lowest BCUT2D eigenvalue weighted by molar-refractivity contribution is -0.148. The fourth-order valence-corrected chi connectivity index (χ4v) is 7.74. The van der Waals surface area contributed by atoms with Crippen LogP contribution in [0.15, 0.2) is 97.2 Å². The SMILES string of the molecule is CC[C@H](C)[C@@H](C(=O)N[C@@H](Cc1ccccc1)[C@H](O)CN(Cc1ccc(-c2ccccn2)cc1)NC(=O)C1CC(=O)OC1(C)C)N1CCN(Cc2cccc(C)n2)C1=O. The highest BCUT2D eigenvalue weighted by molar-refractivity contribution is 5.89. The molecule has 0 bridgehead atoms. The van der Waals surface area contributed by atoms with Crippen LogP contribution in [0.3, 0.4) is 0 Å². The van der Waals surface area contributed by atoms with Gasteiger partial charge in [-0.25, -0.2) is 9.80 Å². The topological polar surface area (TPSA) is 157 Å². The first-order chi connectivity index (χ1) is 27.8. The number of cyclic esters (lactones) is 1. The highest BCUT2D eigenvalue weighted by atomic mass is 16.6. The third-order valence-electron chi connectivity index (χ3n) is 11.2. The summed E-state index contributed by atoms with van der Waals surface area (Å²) >= 11 is 0. The Morgan fingerprint density at radius 1 is 0.966 bits per heavy atom. The molecule has 3 N–H and O–H groups in total. The predicted octanol–water partition coefficient (Wildman–Crippen LogP) is 5.07. The first-order valence-corrected chi connectivity index (χ1v) is 20.1. The van der Waals surface area contributed by atoms with Crippen LogP contribution in [0.25, 0.3) is 11.3 Å². The first-order valence-electron chi connectivity index (χ1n) is 20.1. The number of hydrogen-bond donors (Lipinski definition) is 3. The molecule has 6 rings (SSSR count). The van der Waals surface area contributed by atoms with E-state index in [0.29, 0.717) is 32.5 Å². The minimum Gasteiger partial charge on any atom is -0.459 e. The van der Waals surface area contributed by atoms with Crippen LogP contribution in [-0.4, -0.2) is 97.1 Å². The van der Waals surface area contributed by atoms with Gasteiger partial charge in [0.1, 0.15) is 11.6 Å². The third-order valence-corrected chi connectivity index (χ3v) is 11.2. The van der Waals surface area contributed by atoms with Crippen LogP contribution in [-0.2, 0) is 38.6 Å². The Bertz CT molecular complexity index is 2030. The van der Waals surface area contributed by atoms with Gasteiger partial charge in [-0.15, -0.1) is 0 Å². The molecular weight excluding hydrogens is 735 g/mol. The number of carbonyl (C=O) groups is 4. The first kappa shape index (κ1) is 42.0. The average Bonchev–Trinajstić information content (AvgIpc) is 3.70. The van der Waals surface area contributed by atoms with Gasteiger partial charge < -0.3 is 25.0 Å². The summed E-state index contributed by atoms with van der Waals surface area (Å²) in [4.78, 5) is 66.8. The Hall–Kier alpha value is -5.66. The molecule has 2 saturated heterocycles. The summed E-state index contributed by atoms with van der Waals surface area (Å²) in [6.45, 7) is 10.6. The summed E-state index contributed by atoms with van der Waals surface area (Å²) in [5, 5.41) is 16.9. The molecular formula is C45H55N7O6. The summed E-state index contributed by atoms with van der Waals surface area (Å²) < 4.78 is 5.45. The number of carbonyl (C=O) groups excluding carboxylic acids is 4. The van der Waals surface area contributed by atoms with Crippen molar-refractivity contribution in [3.63, 3.8) is 0 Å². The molecule has 4 aromatic rings. The molecule has 306 valence electrons. The second-order valence-corrected chi connectivity index (χ2v) is 16.0. The van der Waals surface area contributed by atoms with Crippen LogP contribution in [0, 0.1) is 18.8 Å². The van der Waals surface area contributed by atoms with Crippen LogP contribution in [0.2, 0.25) is 0 Å². The molecule has 13 heteroatoms. The van der Waals surface area contributed by atoms with E-state index < -0.39 is 41.6 Å². The Kier molecular flexibility index (Phi) is 13.6. The van der Waals surface area contributed by atoms with Gasteiger partial charge in [-0.05, 0) is 68.5 Å². The molecule has 13 nitrogen and oxygen atoms in total. The second-order valence-electron chi connectivity index (χ2n) is 16.0. The number of aromatic nitrogens is 2. The number of rotatable bonds is 17. The van der Waals surface area contributed by atoms with E-state index >= 15 is 0 Å². The molecule has 2 fully saturated rings. The zero-order valence-electron chi connectivity index (χ0n) is 34.0. The number of nitrogens with zero attached hydrogens (tertiary/aromatic N) is 5. The summed E-state index contributed by atoms with van der Waals surface area (Å²) in [5.41, 5.74) is 7.10. The van der Waals surface area contributed by atoms with Crippen LogP contribution in [0.4, 0.5) is 4.79 Å². The van der Waals surface area contributed by atoms with E-state index in [4.69, 9.17) is 4.74 Å². The van der Waals surface area contributed by atoms with E-state index in [-0.39, 0.29) is 37.4 Å². The van der Waals surface area contributed by atoms with E-state index in [1.54, 1.807) is 34.9 Å². The van der Waals surface area contributed by atoms with Gasteiger partial charge in [-0.1, -0.05) is 87.0 Å². The van der Waals surface area contributed by atoms with Gasteiger partial charge >= 0.3 is 12.0 Å². The highest BCUT2D eigenvalue weighted by Crippen LogP contribution is 2.33. The molecule has 4 heterocycles. The summed E-state index contributed by atoms with van der Waals surface area (Å²) in [7, 11) is 0. The Morgan fingerprint density at radius 2 is 1.71 bits per heavy atom. The zero-order valence-corrected chi connectivity index (χ0v) is 34.0. The molecule has 0 radical (unpaired) electrons. The van der Waals surface area contributed by atoms with Crippen molar-refractivity contribution in [2.75, 3.05) is 19.6 Å². The van der Waals surface area contributed by atoms with Gasteiger partial charge in [0.25, 0.3) is 0 Å². The van der Waals surface area contributed by atoms with E-state index in [2.05, 4.69) is 20.7 Å². The Labute approximate surface area is 340 Å². The Morgan fingerprint density at radius 3 is 2.36 bits per heavy atom. The van der Waals surface area contributed by atoms with Crippen molar-refractivity contribution >= 4 is 23.8 Å². The lowest BCUT2D eigenvalue weighted by atomic mass is 9.90. The summed E-state index contributed by atoms with van der Waals surface area (Å²) in [5.74, 6) is -2.15. The molecule has 2 aromatic carbocycles. The number of ether oxygens (including phenoxy) is 1. The van der Waals surface area contributed by atoms with Gasteiger partial charge in [0.05, 0.1) is 42.4 Å². The van der Waals surface area contributed by atoms with Crippen molar-refractivity contribution in [1.29, 1.82) is 0 Å². The van der Waals surface area contributed by atoms with Crippen molar-refractivity contribution in [1.82, 2.24) is 35.5 Å². The third kappa shape index (κ3) is 10.4. The molecule has 0 saturated carbocycles. The second kappa shape index (κ2) is 18.7. The molecule has 0 aliphatic carbocycles. The lowest BCUT2D eigenvalue weighted by Crippen LogP contribution is -2.58. The van der Waals surface area contributed by atoms with Crippen molar-refractivity contribution in [2.45, 2.75) is 90.8 Å². The normalized spacial score (nSPS) is 18.4. The number of nitrogens with one attached hydrogen (secondary N) is 2. The van der Waals surface area contributed by atoms with E-state index in [9.17, 15) is 24.3 Å². The zero-order chi connectivity index (χ0) is 41.4. The quantitative estimate of drug-likeness (QED) is 0.0983. The maximum atomic E-state index is 14.5. The van der Waals surface area contributed by atoms with Crippen LogP contribution in [0.1, 0.15) is 63.1 Å². The van der Waals surface area contributed by atoms with Crippen molar-refractivity contribution in [3.8, 4) is 11.3 Å². The molecule has 58 heavy (non-hydrogen) atoms. The molecule has 2 aliphatic heterocycles. The molecule has 0 spiro atoms. The molecule has 1 unspecified atom stereocenters. The van der Waals surface area contributed by atoms with Gasteiger partial charge in [-0.2, -0.15) is 0 Å². The van der Waals surface area contributed by atoms with Gasteiger partial charge in [-0.3, -0.25) is 29.8 Å². The maximum absolute atomic E-state index is 14.5. The predicted molar refractivity (Wildman–Crippen MR) is 219 cm³/mol. The number of aliphatic hydroxyl groups is 1. The fourth-order valence-electron chi connectivity index (χ4n) is 7.74. The molecule has 5 atom stereocenters. The summed E-state index contributed by atoms with van der Waals surface area (Å²) in [6, 6.07) is 27.0. The monoisotopic (exact) mass is 789 g/mol. The van der Waals surface area contributed by atoms with Crippen molar-refractivity contribution in [2.24, 2.45) is 11.8 Å². The number of aryl methyl sites for hydroxylation is 1. The molecule has 4 amide bonds. The standard InChI is InChI=1S/C45H55N7O6/c1-6-30(2)41(52-24-23-50(44(52)57)28-35-16-12-13-31(3)47-35)43(56)48-38(25-32-14-8-7-9-15-32)39(53)29-51(49-42(55)36-26-40(54)58-45(36,4)5)27-33-18-20-34(21-19-33)37-17-10-11-22-46-37/h7-22,30,36,38-39,41,53H,6,23-29H2,1-5H3,(H,48,56)(H,49,55)/t30-,36?,38-,39+,41-/m0/s1.